The van der Waals surface area contributed by atoms with Gasteiger partial charge in [0.15, 0.2) is 0 Å². The number of imide groups is 1. The fourth-order valence-electron chi connectivity index (χ4n) is 4.15. The van der Waals surface area contributed by atoms with Crippen LogP contribution in [-0.4, -0.2) is 34.6 Å². The molecule has 2 aromatic rings. The second kappa shape index (κ2) is 10.8. The predicted octanol–water partition coefficient (Wildman–Crippen LogP) is 3.10. The Morgan fingerprint density at radius 3 is 2.68 bits per heavy atom. The first-order valence-corrected chi connectivity index (χ1v) is 11.5. The SMILES string of the molecule is O=C1CCC(N2Cc3c(C#CCCCCC(=O)OCc4ccccc4)cccc3C2=O)C(=O)N1. The Morgan fingerprint density at radius 1 is 1.06 bits per heavy atom. The summed E-state index contributed by atoms with van der Waals surface area (Å²) < 4.78 is 5.28. The van der Waals surface area contributed by atoms with Crippen LogP contribution in [0.5, 0.6) is 0 Å². The number of amides is 3. The summed E-state index contributed by atoms with van der Waals surface area (Å²) in [6.45, 7) is 0.589. The van der Waals surface area contributed by atoms with Crippen LogP contribution in [-0.2, 0) is 32.3 Å². The number of nitrogens with one attached hydrogen (secondary N) is 1. The molecule has 7 heteroatoms. The van der Waals surface area contributed by atoms with E-state index in [1.54, 1.807) is 12.1 Å². The Morgan fingerprint density at radius 2 is 1.88 bits per heavy atom. The molecule has 0 bridgehead atoms. The first-order chi connectivity index (χ1) is 16.5. The highest BCUT2D eigenvalue weighted by atomic mass is 16.5. The normalized spacial score (nSPS) is 17.0. The van der Waals surface area contributed by atoms with Gasteiger partial charge >= 0.3 is 5.97 Å². The molecule has 174 valence electrons. The Bertz CT molecular complexity index is 1160. The van der Waals surface area contributed by atoms with E-state index in [4.69, 9.17) is 4.74 Å². The van der Waals surface area contributed by atoms with Gasteiger partial charge in [0.05, 0.1) is 0 Å². The van der Waals surface area contributed by atoms with E-state index in [-0.39, 0.29) is 30.8 Å². The van der Waals surface area contributed by atoms with E-state index < -0.39 is 11.9 Å². The first-order valence-electron chi connectivity index (χ1n) is 11.5. The molecule has 0 spiro atoms. The fourth-order valence-corrected chi connectivity index (χ4v) is 4.15. The quantitative estimate of drug-likeness (QED) is 0.298. The molecule has 0 radical (unpaired) electrons. The number of ether oxygens (including phenoxy) is 1. The summed E-state index contributed by atoms with van der Waals surface area (Å²) in [7, 11) is 0. The van der Waals surface area contributed by atoms with Crippen LogP contribution in [0.15, 0.2) is 48.5 Å². The van der Waals surface area contributed by atoms with Crippen molar-refractivity contribution in [1.82, 2.24) is 10.2 Å². The molecule has 1 fully saturated rings. The van der Waals surface area contributed by atoms with Crippen LogP contribution in [0.4, 0.5) is 0 Å². The van der Waals surface area contributed by atoms with Gasteiger partial charge in [-0.3, -0.25) is 24.5 Å². The predicted molar refractivity (Wildman–Crippen MR) is 124 cm³/mol. The molecule has 7 nitrogen and oxygen atoms in total. The van der Waals surface area contributed by atoms with Crippen LogP contribution in [0, 0.1) is 11.8 Å². The number of rotatable bonds is 7. The van der Waals surface area contributed by atoms with Gasteiger partial charge in [0.25, 0.3) is 5.91 Å². The van der Waals surface area contributed by atoms with Crippen molar-refractivity contribution in [1.29, 1.82) is 0 Å². The lowest BCUT2D eigenvalue weighted by Gasteiger charge is -2.29. The summed E-state index contributed by atoms with van der Waals surface area (Å²) in [6, 6.07) is 14.3. The molecule has 1 N–H and O–H groups in total. The molecule has 2 aliphatic rings. The zero-order chi connectivity index (χ0) is 23.9. The Labute approximate surface area is 198 Å². The number of carbonyl (C=O) groups excluding carboxylic acids is 4. The molecule has 34 heavy (non-hydrogen) atoms. The van der Waals surface area contributed by atoms with Gasteiger partial charge in [-0.05, 0) is 42.5 Å². The summed E-state index contributed by atoms with van der Waals surface area (Å²) >= 11 is 0. The zero-order valence-electron chi connectivity index (χ0n) is 18.8. The first kappa shape index (κ1) is 23.2. The van der Waals surface area contributed by atoms with Crippen molar-refractivity contribution < 1.29 is 23.9 Å². The highest BCUT2D eigenvalue weighted by Gasteiger charge is 2.39. The van der Waals surface area contributed by atoms with Crippen LogP contribution in [0.1, 0.15) is 65.6 Å². The maximum atomic E-state index is 12.9. The van der Waals surface area contributed by atoms with Crippen molar-refractivity contribution in [2.75, 3.05) is 0 Å². The molecule has 3 amide bonds. The van der Waals surface area contributed by atoms with E-state index in [0.717, 1.165) is 23.1 Å². The average molecular weight is 459 g/mol. The summed E-state index contributed by atoms with van der Waals surface area (Å²) in [5, 5.41) is 2.31. The van der Waals surface area contributed by atoms with Crippen LogP contribution < -0.4 is 5.32 Å². The molecule has 2 heterocycles. The maximum Gasteiger partial charge on any atom is 0.306 e. The van der Waals surface area contributed by atoms with Crippen LogP contribution >= 0.6 is 0 Å². The Hall–Kier alpha value is -3.92. The second-order valence-electron chi connectivity index (χ2n) is 8.39. The minimum atomic E-state index is -0.639. The molecule has 4 rings (SSSR count). The minimum absolute atomic E-state index is 0.206. The lowest BCUT2D eigenvalue weighted by Crippen LogP contribution is -2.52. The van der Waals surface area contributed by atoms with Crippen molar-refractivity contribution in [3.63, 3.8) is 0 Å². The number of hydrogen-bond acceptors (Lipinski definition) is 5. The molecule has 1 atom stereocenters. The zero-order valence-corrected chi connectivity index (χ0v) is 18.8. The highest BCUT2D eigenvalue weighted by Crippen LogP contribution is 2.29. The summed E-state index contributed by atoms with van der Waals surface area (Å²) in [5.41, 5.74) is 3.10. The molecule has 2 aliphatic heterocycles. The fraction of sp³-hybridized carbons (Fsp3) is 0.333. The van der Waals surface area contributed by atoms with Gasteiger partial charge in [-0.15, -0.1) is 0 Å². The number of esters is 1. The average Bonchev–Trinajstić information content (AvgIpc) is 3.17. The standard InChI is InChI=1S/C27H26N2O5/c30-24-16-15-23(26(32)28-24)29-17-22-20(12-8-13-21(22)27(29)33)11-6-1-2-7-14-25(31)34-18-19-9-4-3-5-10-19/h3-5,8-10,12-13,23H,1-2,7,14-18H2,(H,28,30,32). The van der Waals surface area contributed by atoms with Crippen molar-refractivity contribution in [3.8, 4) is 11.8 Å². The van der Waals surface area contributed by atoms with Gasteiger partial charge in [-0.25, -0.2) is 0 Å². The van der Waals surface area contributed by atoms with E-state index in [2.05, 4.69) is 17.2 Å². The third-order valence-electron chi connectivity index (χ3n) is 5.98. The molecular weight excluding hydrogens is 432 g/mol. The van der Waals surface area contributed by atoms with E-state index in [1.165, 1.54) is 4.90 Å². The monoisotopic (exact) mass is 458 g/mol. The van der Waals surface area contributed by atoms with Crippen LogP contribution in [0.3, 0.4) is 0 Å². The third-order valence-corrected chi connectivity index (χ3v) is 5.98. The molecule has 2 aromatic carbocycles. The van der Waals surface area contributed by atoms with E-state index in [0.29, 0.717) is 37.8 Å². The van der Waals surface area contributed by atoms with Crippen molar-refractivity contribution in [3.05, 3.63) is 70.8 Å². The lowest BCUT2D eigenvalue weighted by atomic mass is 10.0. The van der Waals surface area contributed by atoms with E-state index in [9.17, 15) is 19.2 Å². The van der Waals surface area contributed by atoms with Crippen molar-refractivity contribution in [2.45, 2.75) is 57.7 Å². The lowest BCUT2D eigenvalue weighted by molar-refractivity contribution is -0.145. The number of unbranched alkanes of at least 4 members (excludes halogenated alkanes) is 2. The molecule has 0 saturated carbocycles. The van der Waals surface area contributed by atoms with Gasteiger partial charge < -0.3 is 9.64 Å². The Kier molecular flexibility index (Phi) is 7.38. The Balaban J connectivity index is 1.26. The van der Waals surface area contributed by atoms with Gasteiger partial charge in [-0.2, -0.15) is 0 Å². The second-order valence-corrected chi connectivity index (χ2v) is 8.39. The number of piperidine rings is 1. The highest BCUT2D eigenvalue weighted by molar-refractivity contribution is 6.05. The van der Waals surface area contributed by atoms with Gasteiger partial charge in [0, 0.05) is 36.9 Å². The van der Waals surface area contributed by atoms with Gasteiger partial charge in [-0.1, -0.05) is 48.2 Å². The summed E-state index contributed by atoms with van der Waals surface area (Å²) in [6.07, 6.45) is 2.99. The molecular formula is C27H26N2O5. The smallest absolute Gasteiger partial charge is 0.306 e. The number of fused-ring (bicyclic) bond motifs is 1. The van der Waals surface area contributed by atoms with E-state index in [1.807, 2.05) is 36.4 Å². The van der Waals surface area contributed by atoms with E-state index >= 15 is 0 Å². The molecule has 1 unspecified atom stereocenters. The number of hydrogen-bond donors (Lipinski definition) is 1. The number of nitrogens with zero attached hydrogens (tertiary/aromatic N) is 1. The maximum absolute atomic E-state index is 12.9. The summed E-state index contributed by atoms with van der Waals surface area (Å²) in [5.74, 6) is 5.12. The van der Waals surface area contributed by atoms with Gasteiger partial charge in [0.2, 0.25) is 11.8 Å². The summed E-state index contributed by atoms with van der Waals surface area (Å²) in [4.78, 5) is 49.9. The molecule has 0 aliphatic carbocycles. The van der Waals surface area contributed by atoms with Crippen LogP contribution in [0.25, 0.3) is 0 Å². The minimum Gasteiger partial charge on any atom is -0.461 e. The largest absolute Gasteiger partial charge is 0.461 e. The molecule has 0 aromatic heterocycles. The number of benzene rings is 2. The topological polar surface area (TPSA) is 92.8 Å². The van der Waals surface area contributed by atoms with Crippen molar-refractivity contribution >= 4 is 23.7 Å². The third kappa shape index (κ3) is 5.52. The molecule has 1 saturated heterocycles. The van der Waals surface area contributed by atoms with Crippen LogP contribution in [0.2, 0.25) is 0 Å². The van der Waals surface area contributed by atoms with Crippen molar-refractivity contribution in [2.24, 2.45) is 0 Å². The number of carbonyl (C=O) groups is 4. The van der Waals surface area contributed by atoms with Gasteiger partial charge in [0.1, 0.15) is 12.6 Å².